The van der Waals surface area contributed by atoms with Gasteiger partial charge in [-0.25, -0.2) is 4.79 Å². The lowest BCUT2D eigenvalue weighted by Gasteiger charge is -2.25. The minimum atomic E-state index is -1.20. The van der Waals surface area contributed by atoms with E-state index in [0.717, 1.165) is 0 Å². The minimum absolute atomic E-state index is 0.153. The van der Waals surface area contributed by atoms with Gasteiger partial charge in [-0.3, -0.25) is 9.59 Å². The lowest BCUT2D eigenvalue weighted by Crippen LogP contribution is -2.47. The van der Waals surface area contributed by atoms with Crippen molar-refractivity contribution in [2.24, 2.45) is 5.92 Å². The van der Waals surface area contributed by atoms with Gasteiger partial charge in [0.2, 0.25) is 0 Å². The van der Waals surface area contributed by atoms with Crippen LogP contribution in [0.3, 0.4) is 0 Å². The molecule has 0 radical (unpaired) electrons. The zero-order valence-electron chi connectivity index (χ0n) is 12.1. The summed E-state index contributed by atoms with van der Waals surface area (Å²) in [4.78, 5) is 34.0. The molecular weight excluding hydrogens is 250 g/mol. The number of ether oxygens (including phenoxy) is 1. The van der Waals surface area contributed by atoms with Crippen molar-refractivity contribution in [3.63, 3.8) is 0 Å². The highest BCUT2D eigenvalue weighted by Crippen LogP contribution is 2.13. The van der Waals surface area contributed by atoms with Gasteiger partial charge in [-0.05, 0) is 26.7 Å². The van der Waals surface area contributed by atoms with Crippen LogP contribution in [-0.4, -0.2) is 34.6 Å². The van der Waals surface area contributed by atoms with Gasteiger partial charge < -0.3 is 15.2 Å². The molecule has 19 heavy (non-hydrogen) atoms. The number of carbonyl (C=O) groups excluding carboxylic acids is 2. The van der Waals surface area contributed by atoms with E-state index in [1.807, 2.05) is 6.92 Å². The normalized spacial score (nSPS) is 14.4. The second kappa shape index (κ2) is 7.11. The zero-order chi connectivity index (χ0) is 15.2. The number of hydrogen-bond donors (Lipinski definition) is 2. The molecule has 0 saturated carbocycles. The Hall–Kier alpha value is -1.59. The maximum atomic E-state index is 11.8. The third kappa shape index (κ3) is 7.43. The topological polar surface area (TPSA) is 92.7 Å². The Kier molecular flexibility index (Phi) is 6.52. The summed E-state index contributed by atoms with van der Waals surface area (Å²) in [6.07, 6.45) is -0.673. The minimum Gasteiger partial charge on any atom is -0.481 e. The molecule has 110 valence electrons. The van der Waals surface area contributed by atoms with Crippen molar-refractivity contribution in [1.82, 2.24) is 5.32 Å². The molecule has 2 N–H and O–H groups in total. The molecule has 0 aromatic carbocycles. The number of aliphatic carboxylic acids is 1. The van der Waals surface area contributed by atoms with Crippen LogP contribution in [0.2, 0.25) is 0 Å². The summed E-state index contributed by atoms with van der Waals surface area (Å²) in [5, 5.41) is 11.1. The first-order chi connectivity index (χ1) is 8.56. The Bertz CT molecular complexity index is 345. The zero-order valence-corrected chi connectivity index (χ0v) is 12.1. The fraction of sp³-hybridized carbons (Fsp3) is 0.769. The first-order valence-corrected chi connectivity index (χ1v) is 6.30. The van der Waals surface area contributed by atoms with Gasteiger partial charge in [-0.2, -0.15) is 0 Å². The van der Waals surface area contributed by atoms with Crippen LogP contribution in [0.25, 0.3) is 0 Å². The molecule has 0 saturated heterocycles. The number of amides is 1. The summed E-state index contributed by atoms with van der Waals surface area (Å²) < 4.78 is 5.07. The number of carboxylic acids is 1. The van der Waals surface area contributed by atoms with E-state index in [1.54, 1.807) is 27.7 Å². The second-order valence-corrected chi connectivity index (χ2v) is 5.55. The average molecular weight is 273 g/mol. The van der Waals surface area contributed by atoms with E-state index in [0.29, 0.717) is 6.42 Å². The average Bonchev–Trinajstić information content (AvgIpc) is 2.21. The molecule has 0 aromatic heterocycles. The third-order valence-corrected chi connectivity index (χ3v) is 2.56. The van der Waals surface area contributed by atoms with Crippen molar-refractivity contribution < 1.29 is 24.2 Å². The molecule has 0 bridgehead atoms. The van der Waals surface area contributed by atoms with E-state index in [9.17, 15) is 14.4 Å². The van der Waals surface area contributed by atoms with E-state index in [2.05, 4.69) is 5.32 Å². The van der Waals surface area contributed by atoms with Crippen LogP contribution in [-0.2, 0) is 14.3 Å². The molecule has 6 heteroatoms. The second-order valence-electron chi connectivity index (χ2n) is 5.55. The summed E-state index contributed by atoms with van der Waals surface area (Å²) in [6.45, 7) is 8.78. The van der Waals surface area contributed by atoms with E-state index < -0.39 is 35.9 Å². The molecule has 0 fully saturated rings. The van der Waals surface area contributed by atoms with Crippen LogP contribution in [0, 0.1) is 5.92 Å². The summed E-state index contributed by atoms with van der Waals surface area (Å²) >= 11 is 0. The molecule has 2 atom stereocenters. The highest BCUT2D eigenvalue weighted by Gasteiger charge is 2.29. The van der Waals surface area contributed by atoms with Crippen LogP contribution < -0.4 is 5.32 Å². The molecule has 6 nitrogen and oxygen atoms in total. The number of Topliss-reactive ketones (excluding diaryl/α,β-unsaturated/α-hetero) is 1. The van der Waals surface area contributed by atoms with Crippen molar-refractivity contribution in [2.75, 3.05) is 0 Å². The summed E-state index contributed by atoms with van der Waals surface area (Å²) in [7, 11) is 0. The van der Waals surface area contributed by atoms with Gasteiger partial charge in [-0.1, -0.05) is 20.3 Å². The lowest BCUT2D eigenvalue weighted by atomic mass is 9.94. The van der Waals surface area contributed by atoms with Crippen LogP contribution in [0.4, 0.5) is 4.79 Å². The Morgan fingerprint density at radius 3 is 2.16 bits per heavy atom. The number of ketones is 1. The Morgan fingerprint density at radius 2 is 1.79 bits per heavy atom. The number of nitrogens with one attached hydrogen (secondary N) is 1. The SMILES string of the molecule is CC[C@H](C)[C@H](NC(=O)OC(C)(C)C)C(=O)CC(=O)O. The van der Waals surface area contributed by atoms with E-state index in [1.165, 1.54) is 0 Å². The molecule has 0 rings (SSSR count). The number of carboxylic acid groups (broad SMARTS) is 1. The molecule has 0 heterocycles. The first-order valence-electron chi connectivity index (χ1n) is 6.30. The molecule has 1 amide bonds. The van der Waals surface area contributed by atoms with E-state index in [4.69, 9.17) is 9.84 Å². The van der Waals surface area contributed by atoms with Gasteiger partial charge in [0.15, 0.2) is 5.78 Å². The van der Waals surface area contributed by atoms with Crippen LogP contribution in [0.15, 0.2) is 0 Å². The Labute approximate surface area is 113 Å². The number of rotatable bonds is 6. The predicted octanol–water partition coefficient (Wildman–Crippen LogP) is 1.97. The molecule has 0 spiro atoms. The Balaban J connectivity index is 4.74. The summed E-state index contributed by atoms with van der Waals surface area (Å²) in [6, 6.07) is -0.837. The molecular formula is C13H23NO5. The maximum absolute atomic E-state index is 11.8. The lowest BCUT2D eigenvalue weighted by molar-refractivity contribution is -0.141. The molecule has 0 unspecified atom stereocenters. The number of alkyl carbamates (subject to hydrolysis) is 1. The molecule has 0 aliphatic rings. The summed E-state index contributed by atoms with van der Waals surface area (Å²) in [5.41, 5.74) is -0.667. The van der Waals surface area contributed by atoms with Crippen molar-refractivity contribution in [3.8, 4) is 0 Å². The van der Waals surface area contributed by atoms with Gasteiger partial charge in [0.05, 0.1) is 6.04 Å². The predicted molar refractivity (Wildman–Crippen MR) is 69.9 cm³/mol. The fourth-order valence-corrected chi connectivity index (χ4v) is 1.47. The highest BCUT2D eigenvalue weighted by molar-refractivity contribution is 5.99. The smallest absolute Gasteiger partial charge is 0.408 e. The van der Waals surface area contributed by atoms with Crippen LogP contribution >= 0.6 is 0 Å². The van der Waals surface area contributed by atoms with Gasteiger partial charge >= 0.3 is 12.1 Å². The highest BCUT2D eigenvalue weighted by atomic mass is 16.6. The van der Waals surface area contributed by atoms with Crippen LogP contribution in [0.1, 0.15) is 47.5 Å². The number of carbonyl (C=O) groups is 3. The first kappa shape index (κ1) is 17.4. The van der Waals surface area contributed by atoms with Crippen molar-refractivity contribution in [2.45, 2.75) is 59.1 Å². The molecule has 0 aliphatic heterocycles. The van der Waals surface area contributed by atoms with Gasteiger partial charge in [0.25, 0.3) is 0 Å². The number of hydrogen-bond acceptors (Lipinski definition) is 4. The largest absolute Gasteiger partial charge is 0.481 e. The van der Waals surface area contributed by atoms with Crippen LogP contribution in [0.5, 0.6) is 0 Å². The van der Waals surface area contributed by atoms with Gasteiger partial charge in [0.1, 0.15) is 12.0 Å². The van der Waals surface area contributed by atoms with Crippen molar-refractivity contribution >= 4 is 17.8 Å². The van der Waals surface area contributed by atoms with Gasteiger partial charge in [-0.15, -0.1) is 0 Å². The van der Waals surface area contributed by atoms with Crippen molar-refractivity contribution in [3.05, 3.63) is 0 Å². The summed E-state index contributed by atoms with van der Waals surface area (Å²) in [5.74, 6) is -1.88. The molecule has 0 aliphatic carbocycles. The fourth-order valence-electron chi connectivity index (χ4n) is 1.47. The van der Waals surface area contributed by atoms with E-state index in [-0.39, 0.29) is 5.92 Å². The molecule has 0 aromatic rings. The quantitative estimate of drug-likeness (QED) is 0.722. The van der Waals surface area contributed by atoms with Crippen molar-refractivity contribution in [1.29, 1.82) is 0 Å². The monoisotopic (exact) mass is 273 g/mol. The van der Waals surface area contributed by atoms with Gasteiger partial charge in [0, 0.05) is 0 Å². The Morgan fingerprint density at radius 1 is 1.26 bits per heavy atom. The standard InChI is InChI=1S/C13H23NO5/c1-6-8(2)11(9(15)7-10(16)17)14-12(18)19-13(3,4)5/h8,11H,6-7H2,1-5H3,(H,14,18)(H,16,17)/t8-,11-/m0/s1. The third-order valence-electron chi connectivity index (χ3n) is 2.56. The van der Waals surface area contributed by atoms with E-state index >= 15 is 0 Å². The maximum Gasteiger partial charge on any atom is 0.408 e.